The third kappa shape index (κ3) is 10.0. The van der Waals surface area contributed by atoms with Crippen molar-refractivity contribution in [2.24, 2.45) is 5.92 Å². The summed E-state index contributed by atoms with van der Waals surface area (Å²) in [6.07, 6.45) is -0.539. The third-order valence-electron chi connectivity index (χ3n) is 8.14. The van der Waals surface area contributed by atoms with E-state index in [4.69, 9.17) is 24.1 Å². The van der Waals surface area contributed by atoms with E-state index in [0.29, 0.717) is 50.0 Å². The molecule has 6 N–H and O–H groups in total. The van der Waals surface area contributed by atoms with Gasteiger partial charge in [0.25, 0.3) is 0 Å². The van der Waals surface area contributed by atoms with Crippen LogP contribution in [-0.2, 0) is 20.6 Å². The fraction of sp³-hybridized carbons (Fsp3) is 0.457. The Bertz CT molecular complexity index is 1380. The molecule has 3 aromatic carbocycles. The molecule has 2 saturated heterocycles. The van der Waals surface area contributed by atoms with E-state index in [2.05, 4.69) is 53.6 Å². The second-order valence-corrected chi connectivity index (χ2v) is 13.1. The molecule has 0 spiro atoms. The Morgan fingerprint density at radius 3 is 2.50 bits per heavy atom. The number of anilines is 2. The SMILES string of the molecule is CC(C)C[NH2+]CC(O)C(Cc1ccc(-c2ccc(N3CCOCC3)cc2)c(OSc2ccc(N)cc2)c1)NC(=O)OC1CCOC1. The first-order chi connectivity index (χ1) is 22.3. The Labute approximate surface area is 276 Å². The lowest BCUT2D eigenvalue weighted by molar-refractivity contribution is -0.666. The van der Waals surface area contributed by atoms with Gasteiger partial charge in [-0.1, -0.05) is 38.1 Å². The van der Waals surface area contributed by atoms with Crippen LogP contribution in [0.3, 0.4) is 0 Å². The average molecular weight is 652 g/mol. The van der Waals surface area contributed by atoms with Crippen molar-refractivity contribution in [3.05, 3.63) is 72.3 Å². The van der Waals surface area contributed by atoms with E-state index in [1.165, 1.54) is 12.0 Å². The Morgan fingerprint density at radius 1 is 1.04 bits per heavy atom. The number of aliphatic hydroxyl groups is 1. The van der Waals surface area contributed by atoms with Gasteiger partial charge in [0.2, 0.25) is 0 Å². The van der Waals surface area contributed by atoms with E-state index in [1.807, 2.05) is 42.5 Å². The van der Waals surface area contributed by atoms with Crippen LogP contribution >= 0.6 is 12.0 Å². The highest BCUT2D eigenvalue weighted by molar-refractivity contribution is 7.95. The van der Waals surface area contributed by atoms with E-state index >= 15 is 0 Å². The zero-order chi connectivity index (χ0) is 32.3. The van der Waals surface area contributed by atoms with Crippen molar-refractivity contribution >= 4 is 29.5 Å². The summed E-state index contributed by atoms with van der Waals surface area (Å²) in [5, 5.41) is 16.2. The van der Waals surface area contributed by atoms with Gasteiger partial charge in [-0.15, -0.1) is 0 Å². The largest absolute Gasteiger partial charge is 0.444 e. The normalized spacial score (nSPS) is 17.9. The highest BCUT2D eigenvalue weighted by Crippen LogP contribution is 2.36. The summed E-state index contributed by atoms with van der Waals surface area (Å²) in [4.78, 5) is 16.1. The number of hydrogen-bond acceptors (Lipinski definition) is 9. The predicted octanol–water partition coefficient (Wildman–Crippen LogP) is 3.87. The van der Waals surface area contributed by atoms with E-state index < -0.39 is 18.2 Å². The third-order valence-corrected chi connectivity index (χ3v) is 8.87. The van der Waals surface area contributed by atoms with Gasteiger partial charge in [0.15, 0.2) is 0 Å². The molecule has 3 atom stereocenters. The number of quaternary nitrogens is 1. The summed E-state index contributed by atoms with van der Waals surface area (Å²) < 4.78 is 22.8. The molecule has 1 amide bonds. The summed E-state index contributed by atoms with van der Waals surface area (Å²) in [6.45, 7) is 9.80. The number of nitrogens with zero attached hydrogens (tertiary/aromatic N) is 1. The number of nitrogen functional groups attached to an aromatic ring is 1. The van der Waals surface area contributed by atoms with Crippen molar-refractivity contribution in [2.75, 3.05) is 63.2 Å². The molecule has 0 saturated carbocycles. The Balaban J connectivity index is 1.37. The standard InChI is InChI=1S/C35H46N4O6S/c1-24(2)21-37-22-33(40)32(38-35(41)44-29-13-16-43-23-29)19-25-3-12-31(34(20-25)45-46-30-10-6-27(36)7-11-30)26-4-8-28(9-5-26)39-14-17-42-18-15-39/h3-12,20,24,29,32-33,37,40H,13-19,21-23,36H2,1-2H3,(H,38,41)/p+1. The van der Waals surface area contributed by atoms with Crippen molar-refractivity contribution in [2.45, 2.75) is 49.8 Å². The van der Waals surface area contributed by atoms with Crippen molar-refractivity contribution in [3.8, 4) is 16.9 Å². The highest BCUT2D eigenvalue weighted by Gasteiger charge is 2.27. The van der Waals surface area contributed by atoms with Crippen molar-refractivity contribution in [1.82, 2.24) is 5.32 Å². The molecule has 2 aliphatic heterocycles. The molecule has 0 aliphatic carbocycles. The van der Waals surface area contributed by atoms with Crippen LogP contribution in [0.1, 0.15) is 25.8 Å². The van der Waals surface area contributed by atoms with Crippen molar-refractivity contribution in [1.29, 1.82) is 0 Å². The maximum absolute atomic E-state index is 12.9. The summed E-state index contributed by atoms with van der Waals surface area (Å²) in [5.41, 5.74) is 10.6. The zero-order valence-electron chi connectivity index (χ0n) is 26.7. The fourth-order valence-electron chi connectivity index (χ4n) is 5.54. The summed E-state index contributed by atoms with van der Waals surface area (Å²) in [7, 11) is 0. The number of rotatable bonds is 14. The monoisotopic (exact) mass is 651 g/mol. The molecule has 2 heterocycles. The van der Waals surface area contributed by atoms with E-state index in [0.717, 1.165) is 60.1 Å². The number of benzene rings is 3. The second kappa shape index (κ2) is 16.9. The van der Waals surface area contributed by atoms with E-state index in [-0.39, 0.29) is 6.10 Å². The first-order valence-electron chi connectivity index (χ1n) is 16.1. The smallest absolute Gasteiger partial charge is 0.407 e. The number of morpholine rings is 1. The molecule has 10 nitrogen and oxygen atoms in total. The number of carbonyl (C=O) groups is 1. The Hall–Kier alpha value is -3.48. The van der Waals surface area contributed by atoms with Crippen LogP contribution in [0.2, 0.25) is 0 Å². The number of amides is 1. The topological polar surface area (TPSA) is 132 Å². The fourth-order valence-corrected chi connectivity index (χ4v) is 6.11. The maximum Gasteiger partial charge on any atom is 0.407 e. The Morgan fingerprint density at radius 2 is 1.80 bits per heavy atom. The predicted molar refractivity (Wildman–Crippen MR) is 181 cm³/mol. The number of ether oxygens (including phenoxy) is 3. The number of alkyl carbamates (subject to hydrolysis) is 1. The minimum atomic E-state index is -0.785. The molecule has 3 aromatic rings. The molecule has 2 fully saturated rings. The summed E-state index contributed by atoms with van der Waals surface area (Å²) in [5.74, 6) is 1.17. The van der Waals surface area contributed by atoms with Gasteiger partial charge in [0.1, 0.15) is 24.5 Å². The van der Waals surface area contributed by atoms with Crippen LogP contribution in [0.15, 0.2) is 71.6 Å². The second-order valence-electron chi connectivity index (χ2n) is 12.3. The van der Waals surface area contributed by atoms with E-state index in [9.17, 15) is 9.90 Å². The number of carbonyl (C=O) groups excluding carboxylic acids is 1. The molecular formula is C35H47N4O6S+. The van der Waals surface area contributed by atoms with Crippen LogP contribution in [0.4, 0.5) is 16.2 Å². The number of hydrogen-bond donors (Lipinski definition) is 4. The molecule has 0 radical (unpaired) electrons. The van der Waals surface area contributed by atoms with Crippen molar-refractivity contribution < 1.29 is 33.6 Å². The molecular weight excluding hydrogens is 604 g/mol. The molecule has 0 aromatic heterocycles. The number of aliphatic hydroxyl groups excluding tert-OH is 1. The lowest BCUT2D eigenvalue weighted by atomic mass is 9.97. The quantitative estimate of drug-likeness (QED) is 0.152. The van der Waals surface area contributed by atoms with Crippen LogP contribution in [0, 0.1) is 5.92 Å². The van der Waals surface area contributed by atoms with Gasteiger partial charge in [-0.05, 0) is 60.0 Å². The van der Waals surface area contributed by atoms with Crippen LogP contribution in [-0.4, -0.2) is 82.1 Å². The summed E-state index contributed by atoms with van der Waals surface area (Å²) >= 11 is 1.26. The van der Waals surface area contributed by atoms with Crippen LogP contribution < -0.4 is 25.5 Å². The molecule has 2 aliphatic rings. The van der Waals surface area contributed by atoms with Gasteiger partial charge in [0.05, 0.1) is 51.1 Å². The lowest BCUT2D eigenvalue weighted by Gasteiger charge is -2.29. The minimum Gasteiger partial charge on any atom is -0.444 e. The molecule has 46 heavy (non-hydrogen) atoms. The highest BCUT2D eigenvalue weighted by atomic mass is 32.2. The van der Waals surface area contributed by atoms with Gasteiger partial charge in [-0.25, -0.2) is 4.79 Å². The first-order valence-corrected chi connectivity index (χ1v) is 16.9. The van der Waals surface area contributed by atoms with Crippen LogP contribution in [0.25, 0.3) is 11.1 Å². The first kappa shape index (κ1) is 33.9. The Kier molecular flexibility index (Phi) is 12.4. The summed E-state index contributed by atoms with van der Waals surface area (Å²) in [6, 6.07) is 21.5. The minimum absolute atomic E-state index is 0.274. The molecule has 3 unspecified atom stereocenters. The van der Waals surface area contributed by atoms with Crippen LogP contribution in [0.5, 0.6) is 5.75 Å². The lowest BCUT2D eigenvalue weighted by Crippen LogP contribution is -2.88. The van der Waals surface area contributed by atoms with Gasteiger partial charge in [-0.3, -0.25) is 0 Å². The molecule has 248 valence electrons. The molecule has 11 heteroatoms. The van der Waals surface area contributed by atoms with Gasteiger partial charge >= 0.3 is 6.09 Å². The number of nitrogens with two attached hydrogens (primary N) is 2. The zero-order valence-corrected chi connectivity index (χ0v) is 27.5. The van der Waals surface area contributed by atoms with Gasteiger partial charge in [-0.2, -0.15) is 0 Å². The molecule has 5 rings (SSSR count). The van der Waals surface area contributed by atoms with Gasteiger partial charge in [0, 0.05) is 47.3 Å². The van der Waals surface area contributed by atoms with E-state index in [1.54, 1.807) is 0 Å². The number of nitrogens with one attached hydrogen (secondary N) is 1. The maximum atomic E-state index is 12.9. The molecule has 0 bridgehead atoms. The van der Waals surface area contributed by atoms with Gasteiger partial charge < -0.3 is 44.8 Å². The average Bonchev–Trinajstić information content (AvgIpc) is 3.57. The van der Waals surface area contributed by atoms with Crippen molar-refractivity contribution in [3.63, 3.8) is 0 Å².